The van der Waals surface area contributed by atoms with Crippen molar-refractivity contribution in [3.63, 3.8) is 0 Å². The Kier molecular flexibility index (Phi) is 8.39. The van der Waals surface area contributed by atoms with E-state index in [9.17, 15) is 4.79 Å². The maximum atomic E-state index is 13.4. The molecule has 1 atom stereocenters. The number of fused-ring (bicyclic) bond motifs is 1. The van der Waals surface area contributed by atoms with Crippen molar-refractivity contribution in [2.75, 3.05) is 18.5 Å². The lowest BCUT2D eigenvalue weighted by Gasteiger charge is -2.22. The van der Waals surface area contributed by atoms with E-state index in [0.29, 0.717) is 36.5 Å². The van der Waals surface area contributed by atoms with Crippen LogP contribution >= 0.6 is 0 Å². The topological polar surface area (TPSA) is 72.0 Å². The molecule has 2 aliphatic rings. The third-order valence-electron chi connectivity index (χ3n) is 7.28. The minimum Gasteiger partial charge on any atom is -0.490 e. The summed E-state index contributed by atoms with van der Waals surface area (Å²) in [6.45, 7) is 5.75. The third kappa shape index (κ3) is 5.91. The molecule has 6 heteroatoms. The van der Waals surface area contributed by atoms with Crippen molar-refractivity contribution >= 4 is 23.0 Å². The highest BCUT2D eigenvalue weighted by atomic mass is 16.5. The molecule has 38 heavy (non-hydrogen) atoms. The normalized spacial score (nSPS) is 17.7. The van der Waals surface area contributed by atoms with Gasteiger partial charge in [-0.05, 0) is 61.6 Å². The van der Waals surface area contributed by atoms with Crippen molar-refractivity contribution in [2.24, 2.45) is 4.99 Å². The summed E-state index contributed by atoms with van der Waals surface area (Å²) in [6, 6.07) is 22.7. The summed E-state index contributed by atoms with van der Waals surface area (Å²) in [4.78, 5) is 18.4. The van der Waals surface area contributed by atoms with Gasteiger partial charge in [-0.2, -0.15) is 0 Å². The van der Waals surface area contributed by atoms with Crippen LogP contribution in [0.5, 0.6) is 11.5 Å². The molecular formula is C32H37N3O3. The van der Waals surface area contributed by atoms with Gasteiger partial charge in [0.25, 0.3) is 0 Å². The zero-order valence-electron chi connectivity index (χ0n) is 22.3. The number of amides is 1. The SMILES string of the molecule is CCOc1cc2c(cc1OCC)C(C(=Nc1ccc(CNC3CCCCC3)cc1)c1ccccc1)C(=O)N2. The Morgan fingerprint density at radius 2 is 1.61 bits per heavy atom. The number of ether oxygens (including phenoxy) is 2. The fraction of sp³-hybridized carbons (Fsp3) is 0.375. The standard InChI is InChI=1S/C32H37N3O3/c1-3-37-28-19-26-27(20-29(28)38-4-2)35-32(36)30(26)31(23-11-7-5-8-12-23)34-25-17-15-22(16-18-25)21-33-24-13-9-6-10-14-24/h5,7-8,11-12,15-20,24,30,33H,3-4,6,9-10,13-14,21H2,1-2H3,(H,35,36). The van der Waals surface area contributed by atoms with Gasteiger partial charge in [0.2, 0.25) is 5.91 Å². The van der Waals surface area contributed by atoms with Gasteiger partial charge in [-0.25, -0.2) is 0 Å². The van der Waals surface area contributed by atoms with Gasteiger partial charge in [-0.15, -0.1) is 0 Å². The largest absolute Gasteiger partial charge is 0.490 e. The Hall–Kier alpha value is -3.64. The van der Waals surface area contributed by atoms with Crippen LogP contribution in [-0.2, 0) is 11.3 Å². The van der Waals surface area contributed by atoms with Gasteiger partial charge in [-0.1, -0.05) is 61.7 Å². The van der Waals surface area contributed by atoms with Gasteiger partial charge in [0.05, 0.1) is 24.6 Å². The summed E-state index contributed by atoms with van der Waals surface area (Å²) in [5, 5.41) is 6.75. The Labute approximate surface area is 225 Å². The molecule has 5 rings (SSSR count). The lowest BCUT2D eigenvalue weighted by atomic mass is 9.90. The molecule has 2 N–H and O–H groups in total. The third-order valence-corrected chi connectivity index (χ3v) is 7.28. The van der Waals surface area contributed by atoms with Gasteiger partial charge >= 0.3 is 0 Å². The predicted octanol–water partition coefficient (Wildman–Crippen LogP) is 6.76. The van der Waals surface area contributed by atoms with Crippen LogP contribution < -0.4 is 20.1 Å². The Morgan fingerprint density at radius 1 is 0.921 bits per heavy atom. The molecule has 1 aliphatic heterocycles. The minimum absolute atomic E-state index is 0.105. The van der Waals surface area contributed by atoms with E-state index >= 15 is 0 Å². The van der Waals surface area contributed by atoms with E-state index in [1.165, 1.54) is 37.7 Å². The number of rotatable bonds is 10. The monoisotopic (exact) mass is 511 g/mol. The zero-order chi connectivity index (χ0) is 26.3. The summed E-state index contributed by atoms with van der Waals surface area (Å²) in [6.07, 6.45) is 6.54. The van der Waals surface area contributed by atoms with Gasteiger partial charge in [0.1, 0.15) is 5.92 Å². The van der Waals surface area contributed by atoms with Crippen molar-refractivity contribution < 1.29 is 14.3 Å². The highest BCUT2D eigenvalue weighted by Crippen LogP contribution is 2.43. The number of nitrogens with one attached hydrogen (secondary N) is 2. The molecule has 1 unspecified atom stereocenters. The van der Waals surface area contributed by atoms with E-state index in [1.807, 2.05) is 68.4 Å². The number of carbonyl (C=O) groups is 1. The first-order valence-electron chi connectivity index (χ1n) is 13.9. The van der Waals surface area contributed by atoms with E-state index in [-0.39, 0.29) is 5.91 Å². The molecule has 1 fully saturated rings. The van der Waals surface area contributed by atoms with Crippen molar-refractivity contribution in [1.82, 2.24) is 5.32 Å². The van der Waals surface area contributed by atoms with E-state index in [1.54, 1.807) is 0 Å². The lowest BCUT2D eigenvalue weighted by molar-refractivity contribution is -0.115. The summed E-state index contributed by atoms with van der Waals surface area (Å²) in [7, 11) is 0. The molecule has 0 saturated heterocycles. The second-order valence-electron chi connectivity index (χ2n) is 9.92. The number of nitrogens with zero attached hydrogens (tertiary/aromatic N) is 1. The summed E-state index contributed by atoms with van der Waals surface area (Å²) < 4.78 is 11.7. The molecule has 1 heterocycles. The lowest BCUT2D eigenvalue weighted by Crippen LogP contribution is -2.30. The van der Waals surface area contributed by atoms with Crippen LogP contribution in [0.1, 0.15) is 68.6 Å². The smallest absolute Gasteiger partial charge is 0.238 e. The maximum Gasteiger partial charge on any atom is 0.238 e. The maximum absolute atomic E-state index is 13.4. The molecule has 0 spiro atoms. The van der Waals surface area contributed by atoms with Gasteiger partial charge < -0.3 is 20.1 Å². The second-order valence-corrected chi connectivity index (χ2v) is 9.92. The van der Waals surface area contributed by atoms with Crippen molar-refractivity contribution in [3.8, 4) is 11.5 Å². The average Bonchev–Trinajstić information content (AvgIpc) is 3.27. The number of anilines is 1. The number of hydrogen-bond acceptors (Lipinski definition) is 5. The minimum atomic E-state index is -0.560. The molecule has 6 nitrogen and oxygen atoms in total. The first-order chi connectivity index (χ1) is 18.7. The summed E-state index contributed by atoms with van der Waals surface area (Å²) >= 11 is 0. The van der Waals surface area contributed by atoms with Crippen LogP contribution in [0.2, 0.25) is 0 Å². The molecule has 198 valence electrons. The molecule has 3 aromatic carbocycles. The first-order valence-corrected chi connectivity index (χ1v) is 13.9. The van der Waals surface area contributed by atoms with E-state index in [2.05, 4.69) is 22.8 Å². The molecule has 1 saturated carbocycles. The van der Waals surface area contributed by atoms with Crippen molar-refractivity contribution in [2.45, 2.75) is 64.5 Å². The van der Waals surface area contributed by atoms with Crippen LogP contribution in [0.4, 0.5) is 11.4 Å². The first kappa shape index (κ1) is 26.0. The van der Waals surface area contributed by atoms with E-state index < -0.39 is 5.92 Å². The van der Waals surface area contributed by atoms with Crippen molar-refractivity contribution in [1.29, 1.82) is 0 Å². The highest BCUT2D eigenvalue weighted by Gasteiger charge is 2.37. The fourth-order valence-electron chi connectivity index (χ4n) is 5.38. The molecule has 0 aromatic heterocycles. The number of hydrogen-bond donors (Lipinski definition) is 2. The Morgan fingerprint density at radius 3 is 2.29 bits per heavy atom. The van der Waals surface area contributed by atoms with Crippen LogP contribution in [0.25, 0.3) is 0 Å². The molecule has 0 bridgehead atoms. The summed E-state index contributed by atoms with van der Waals surface area (Å²) in [5.74, 6) is 0.600. The van der Waals surface area contributed by atoms with E-state index in [4.69, 9.17) is 14.5 Å². The number of carbonyl (C=O) groups excluding carboxylic acids is 1. The van der Waals surface area contributed by atoms with Crippen LogP contribution in [-0.4, -0.2) is 30.9 Å². The fourth-order valence-corrected chi connectivity index (χ4v) is 5.38. The summed E-state index contributed by atoms with van der Waals surface area (Å²) in [5.41, 5.74) is 5.27. The highest BCUT2D eigenvalue weighted by molar-refractivity contribution is 6.24. The zero-order valence-corrected chi connectivity index (χ0v) is 22.3. The van der Waals surface area contributed by atoms with Crippen molar-refractivity contribution in [3.05, 3.63) is 83.4 Å². The van der Waals surface area contributed by atoms with Gasteiger partial charge in [-0.3, -0.25) is 9.79 Å². The molecule has 3 aromatic rings. The molecule has 1 aliphatic carbocycles. The Balaban J connectivity index is 1.46. The van der Waals surface area contributed by atoms with Crippen LogP contribution in [0.15, 0.2) is 71.7 Å². The number of aliphatic imine (C=N–C) groups is 1. The molecule has 1 amide bonds. The second kappa shape index (κ2) is 12.3. The van der Waals surface area contributed by atoms with Crippen LogP contribution in [0.3, 0.4) is 0 Å². The van der Waals surface area contributed by atoms with Gasteiger partial charge in [0, 0.05) is 24.3 Å². The average molecular weight is 512 g/mol. The predicted molar refractivity (Wildman–Crippen MR) is 153 cm³/mol. The molecule has 0 radical (unpaired) electrons. The van der Waals surface area contributed by atoms with Crippen LogP contribution in [0, 0.1) is 0 Å². The number of benzene rings is 3. The quantitative estimate of drug-likeness (QED) is 0.295. The van der Waals surface area contributed by atoms with E-state index in [0.717, 1.165) is 29.0 Å². The molecular weight excluding hydrogens is 474 g/mol. The van der Waals surface area contributed by atoms with Gasteiger partial charge in [0.15, 0.2) is 11.5 Å². The Bertz CT molecular complexity index is 1270.